The van der Waals surface area contributed by atoms with Crippen LogP contribution in [-0.4, -0.2) is 47.9 Å². The second-order valence-corrected chi connectivity index (χ2v) is 9.19. The first kappa shape index (κ1) is 20.0. The van der Waals surface area contributed by atoms with E-state index >= 15 is 0 Å². The molecule has 4 N–H and O–H groups in total. The molecule has 4 aromatic rings. The summed E-state index contributed by atoms with van der Waals surface area (Å²) in [5.74, 6) is 1.82. The number of fused-ring (bicyclic) bond motifs is 5. The first-order valence-corrected chi connectivity index (χ1v) is 11.5. The Labute approximate surface area is 190 Å². The lowest BCUT2D eigenvalue weighted by molar-refractivity contribution is 0.101. The van der Waals surface area contributed by atoms with Gasteiger partial charge in [0.2, 0.25) is 0 Å². The molecule has 1 aliphatic carbocycles. The molecule has 4 aromatic heterocycles. The fourth-order valence-electron chi connectivity index (χ4n) is 5.43. The molecule has 168 valence electrons. The Morgan fingerprint density at radius 1 is 1.18 bits per heavy atom. The molecule has 0 amide bonds. The highest BCUT2D eigenvalue weighted by atomic mass is 16.1. The van der Waals surface area contributed by atoms with Gasteiger partial charge in [-0.1, -0.05) is 6.07 Å². The third-order valence-corrected chi connectivity index (χ3v) is 7.07. The van der Waals surface area contributed by atoms with Crippen molar-refractivity contribution in [2.45, 2.75) is 44.6 Å². The average molecular weight is 443 g/mol. The number of pyridine rings is 1. The minimum atomic E-state index is -0.0667. The largest absolute Gasteiger partial charge is 0.383 e. The predicted octanol–water partition coefficient (Wildman–Crippen LogP) is 3.21. The number of rotatable bonds is 4. The van der Waals surface area contributed by atoms with Crippen molar-refractivity contribution in [3.8, 4) is 22.6 Å². The minimum Gasteiger partial charge on any atom is -0.383 e. The summed E-state index contributed by atoms with van der Waals surface area (Å²) in [6, 6.07) is 4.37. The molecule has 3 aliphatic rings. The molecule has 3 atom stereocenters. The van der Waals surface area contributed by atoms with Crippen LogP contribution in [0.4, 0.5) is 5.82 Å². The lowest BCUT2D eigenvalue weighted by Gasteiger charge is -2.24. The van der Waals surface area contributed by atoms with Crippen LogP contribution in [0.1, 0.15) is 54.6 Å². The minimum absolute atomic E-state index is 0.0667. The van der Waals surface area contributed by atoms with Crippen molar-refractivity contribution in [2.75, 3.05) is 12.3 Å². The molecule has 6 heterocycles. The summed E-state index contributed by atoms with van der Waals surface area (Å²) in [6.45, 7) is 2.61. The maximum absolute atomic E-state index is 12.7. The number of anilines is 1. The molecule has 33 heavy (non-hydrogen) atoms. The molecule has 0 aromatic carbocycles. The molecule has 0 spiro atoms. The van der Waals surface area contributed by atoms with Gasteiger partial charge in [-0.2, -0.15) is 9.61 Å². The van der Waals surface area contributed by atoms with Crippen LogP contribution >= 0.6 is 0 Å². The van der Waals surface area contributed by atoms with Gasteiger partial charge >= 0.3 is 0 Å². The number of Topliss-reactive ketones (excluding diaryl/α,β-unsaturated/α-hetero) is 1. The van der Waals surface area contributed by atoms with E-state index in [1.54, 1.807) is 36.2 Å². The maximum atomic E-state index is 12.7. The molecule has 2 bridgehead atoms. The van der Waals surface area contributed by atoms with Crippen molar-refractivity contribution >= 4 is 17.2 Å². The lowest BCUT2D eigenvalue weighted by Crippen LogP contribution is -2.35. The van der Waals surface area contributed by atoms with Gasteiger partial charge in [-0.05, 0) is 51.1 Å². The van der Waals surface area contributed by atoms with Gasteiger partial charge in [-0.25, -0.2) is 9.97 Å². The number of nitrogens with two attached hydrogens (primary N) is 1. The van der Waals surface area contributed by atoms with Gasteiger partial charge in [0.15, 0.2) is 17.3 Å². The smallest absolute Gasteiger partial charge is 0.165 e. The zero-order valence-electron chi connectivity index (χ0n) is 18.5. The molecule has 7 rings (SSSR count). The van der Waals surface area contributed by atoms with Gasteiger partial charge < -0.3 is 16.0 Å². The van der Waals surface area contributed by atoms with Crippen LogP contribution < -0.4 is 11.1 Å². The highest BCUT2D eigenvalue weighted by molar-refractivity contribution is 6.00. The molecular weight excluding hydrogens is 416 g/mol. The number of nitrogen functional groups attached to an aromatic ring is 1. The first-order valence-electron chi connectivity index (χ1n) is 11.5. The zero-order chi connectivity index (χ0) is 22.5. The van der Waals surface area contributed by atoms with Crippen molar-refractivity contribution < 1.29 is 4.79 Å². The number of hydrogen-bond donors (Lipinski definition) is 3. The van der Waals surface area contributed by atoms with Crippen LogP contribution in [0.2, 0.25) is 0 Å². The van der Waals surface area contributed by atoms with E-state index in [1.165, 1.54) is 12.8 Å². The summed E-state index contributed by atoms with van der Waals surface area (Å²) in [4.78, 5) is 29.6. The molecule has 2 saturated heterocycles. The van der Waals surface area contributed by atoms with Crippen LogP contribution in [0, 0.1) is 5.92 Å². The van der Waals surface area contributed by atoms with Gasteiger partial charge in [-0.15, -0.1) is 0 Å². The van der Waals surface area contributed by atoms with Gasteiger partial charge in [0, 0.05) is 41.7 Å². The van der Waals surface area contributed by atoms with Gasteiger partial charge in [-0.3, -0.25) is 9.78 Å². The second-order valence-electron chi connectivity index (χ2n) is 9.19. The van der Waals surface area contributed by atoms with E-state index in [-0.39, 0.29) is 11.7 Å². The summed E-state index contributed by atoms with van der Waals surface area (Å²) < 4.78 is 1.58. The van der Waals surface area contributed by atoms with Crippen LogP contribution in [0.15, 0.2) is 36.9 Å². The maximum Gasteiger partial charge on any atom is 0.165 e. The standard InChI is InChI=1S/C24H26N8O/c1-13(33)20-21(16-8-14-2-4-17(9-16)28-10-14)31-24-18(12-30-32(24)22(20)25)15-3-5-19(29-11-15)23-26-6-7-27-23/h3,5-7,11-12,14,16-17,28H,2,4,8-10,25H2,1H3,(H,26,27)/t14?,16-,17?/m0/s1. The molecule has 2 aliphatic heterocycles. The Morgan fingerprint density at radius 2 is 2.09 bits per heavy atom. The van der Waals surface area contributed by atoms with Gasteiger partial charge in [0.25, 0.3) is 0 Å². The van der Waals surface area contributed by atoms with E-state index in [9.17, 15) is 4.79 Å². The second kappa shape index (κ2) is 7.77. The number of H-pyrrole nitrogens is 1. The summed E-state index contributed by atoms with van der Waals surface area (Å²) >= 11 is 0. The monoisotopic (exact) mass is 442 g/mol. The lowest BCUT2D eigenvalue weighted by atomic mass is 9.88. The number of carbonyl (C=O) groups excluding carboxylic acids is 1. The number of carbonyl (C=O) groups is 1. The van der Waals surface area contributed by atoms with Crippen LogP contribution in [-0.2, 0) is 0 Å². The van der Waals surface area contributed by atoms with E-state index < -0.39 is 0 Å². The topological polar surface area (TPSA) is 127 Å². The van der Waals surface area contributed by atoms with Crippen LogP contribution in [0.3, 0.4) is 0 Å². The summed E-state index contributed by atoms with van der Waals surface area (Å²) in [5.41, 5.74) is 11.0. The molecule has 9 heteroatoms. The third-order valence-electron chi connectivity index (χ3n) is 7.07. The Kier molecular flexibility index (Phi) is 4.72. The third kappa shape index (κ3) is 3.39. The van der Waals surface area contributed by atoms with Crippen LogP contribution in [0.5, 0.6) is 0 Å². The molecule has 2 unspecified atom stereocenters. The quantitative estimate of drug-likeness (QED) is 0.414. The highest BCUT2D eigenvalue weighted by Gasteiger charge is 2.34. The summed E-state index contributed by atoms with van der Waals surface area (Å²) in [7, 11) is 0. The number of hydrogen-bond acceptors (Lipinski definition) is 7. The zero-order valence-corrected chi connectivity index (χ0v) is 18.5. The van der Waals surface area contributed by atoms with E-state index in [0.717, 1.165) is 41.9 Å². The predicted molar refractivity (Wildman–Crippen MR) is 125 cm³/mol. The van der Waals surface area contributed by atoms with E-state index in [0.29, 0.717) is 34.8 Å². The number of aromatic nitrogens is 6. The molecule has 1 saturated carbocycles. The fourth-order valence-corrected chi connectivity index (χ4v) is 5.43. The average Bonchev–Trinajstić information content (AvgIpc) is 3.41. The van der Waals surface area contributed by atoms with Gasteiger partial charge in [0.05, 0.1) is 17.5 Å². The van der Waals surface area contributed by atoms with Crippen molar-refractivity contribution in [3.63, 3.8) is 0 Å². The molecule has 3 fully saturated rings. The van der Waals surface area contributed by atoms with Crippen molar-refractivity contribution in [1.82, 2.24) is 34.9 Å². The molecular formula is C24H26N8O. The Bertz CT molecular complexity index is 1300. The highest BCUT2D eigenvalue weighted by Crippen LogP contribution is 2.40. The van der Waals surface area contributed by atoms with Crippen LogP contribution in [0.25, 0.3) is 28.3 Å². The van der Waals surface area contributed by atoms with Crippen molar-refractivity contribution in [3.05, 3.63) is 48.2 Å². The van der Waals surface area contributed by atoms with E-state index in [4.69, 9.17) is 10.7 Å². The summed E-state index contributed by atoms with van der Waals surface area (Å²) in [5, 5.41) is 8.13. The SMILES string of the molecule is CC(=O)c1c([C@H]2CC3CCC(C2)NC3)nc2c(-c3ccc(-c4ncc[nH]4)nc3)cnn2c1N. The van der Waals surface area contributed by atoms with E-state index in [2.05, 4.69) is 25.4 Å². The number of imidazole rings is 1. The number of nitrogens with one attached hydrogen (secondary N) is 2. The molecule has 0 radical (unpaired) electrons. The normalized spacial score (nSPS) is 22.5. The van der Waals surface area contributed by atoms with E-state index in [1.807, 2.05) is 12.1 Å². The molecule has 9 nitrogen and oxygen atoms in total. The number of aromatic amines is 1. The number of ketones is 1. The Hall–Kier alpha value is -3.59. The summed E-state index contributed by atoms with van der Waals surface area (Å²) in [6.07, 6.45) is 11.4. The van der Waals surface area contributed by atoms with Crippen molar-refractivity contribution in [1.29, 1.82) is 0 Å². The van der Waals surface area contributed by atoms with Crippen molar-refractivity contribution in [2.24, 2.45) is 5.92 Å². The Morgan fingerprint density at radius 3 is 2.79 bits per heavy atom. The number of nitrogens with zero attached hydrogens (tertiary/aromatic N) is 5. The first-order chi connectivity index (χ1) is 16.1. The van der Waals surface area contributed by atoms with Gasteiger partial charge in [0.1, 0.15) is 11.5 Å². The number of piperidine rings is 1. The Balaban J connectivity index is 1.47. The fraction of sp³-hybridized carbons (Fsp3) is 0.375.